The Balaban J connectivity index is 2.23. The Hall–Kier alpha value is -0.580. The highest BCUT2D eigenvalue weighted by Gasteiger charge is 2.42. The minimum absolute atomic E-state index is 0.123. The van der Waals surface area contributed by atoms with E-state index in [4.69, 9.17) is 16.3 Å². The Morgan fingerprint density at radius 1 is 1.48 bits per heavy atom. The molecule has 0 saturated carbocycles. The lowest BCUT2D eigenvalue weighted by atomic mass is 9.77. The average Bonchev–Trinajstić information content (AvgIpc) is 2.95. The third-order valence-corrected chi connectivity index (χ3v) is 5.20. The second-order valence-corrected chi connectivity index (χ2v) is 6.52. The van der Waals surface area contributed by atoms with Crippen molar-refractivity contribution in [2.45, 2.75) is 59.6 Å². The SMILES string of the molecule is CCCNCC1(Cc2c(Cl)c(C)nn2CC)CCOC1C. The van der Waals surface area contributed by atoms with Gasteiger partial charge in [0, 0.05) is 31.5 Å². The molecule has 0 spiro atoms. The Kier molecular flexibility index (Phi) is 5.69. The zero-order valence-corrected chi connectivity index (χ0v) is 14.5. The van der Waals surface area contributed by atoms with E-state index in [1.165, 1.54) is 0 Å². The first-order chi connectivity index (χ1) is 10.0. The van der Waals surface area contributed by atoms with Gasteiger partial charge in [-0.1, -0.05) is 18.5 Å². The van der Waals surface area contributed by atoms with E-state index in [1.807, 2.05) is 11.6 Å². The summed E-state index contributed by atoms with van der Waals surface area (Å²) >= 11 is 6.50. The molecule has 2 unspecified atom stereocenters. The van der Waals surface area contributed by atoms with Crippen LogP contribution in [0.1, 0.15) is 45.0 Å². The lowest BCUT2D eigenvalue weighted by Crippen LogP contribution is -2.42. The molecule has 0 aliphatic carbocycles. The summed E-state index contributed by atoms with van der Waals surface area (Å²) in [7, 11) is 0. The van der Waals surface area contributed by atoms with Gasteiger partial charge in [-0.15, -0.1) is 0 Å². The molecule has 21 heavy (non-hydrogen) atoms. The van der Waals surface area contributed by atoms with Crippen LogP contribution in [0.25, 0.3) is 0 Å². The van der Waals surface area contributed by atoms with Crippen molar-refractivity contribution < 1.29 is 4.74 Å². The van der Waals surface area contributed by atoms with E-state index in [-0.39, 0.29) is 11.5 Å². The molecule has 2 atom stereocenters. The molecule has 0 aromatic carbocycles. The topological polar surface area (TPSA) is 39.1 Å². The molecule has 4 nitrogen and oxygen atoms in total. The van der Waals surface area contributed by atoms with Gasteiger partial charge in [0.25, 0.3) is 0 Å². The first kappa shape index (κ1) is 16.8. The maximum atomic E-state index is 6.50. The number of nitrogens with one attached hydrogen (secondary N) is 1. The minimum atomic E-state index is 0.123. The van der Waals surface area contributed by atoms with Crippen molar-refractivity contribution in [3.05, 3.63) is 16.4 Å². The van der Waals surface area contributed by atoms with Crippen LogP contribution in [0.2, 0.25) is 5.02 Å². The first-order valence-corrected chi connectivity index (χ1v) is 8.46. The monoisotopic (exact) mass is 313 g/mol. The highest BCUT2D eigenvalue weighted by molar-refractivity contribution is 6.31. The Labute approximate surface area is 133 Å². The number of hydrogen-bond donors (Lipinski definition) is 1. The number of halogens is 1. The third kappa shape index (κ3) is 3.43. The quantitative estimate of drug-likeness (QED) is 0.786. The molecule has 1 aromatic heterocycles. The van der Waals surface area contributed by atoms with E-state index in [9.17, 15) is 0 Å². The van der Waals surface area contributed by atoms with Gasteiger partial charge in [0.2, 0.25) is 0 Å². The summed E-state index contributed by atoms with van der Waals surface area (Å²) in [6.45, 7) is 12.2. The van der Waals surface area contributed by atoms with E-state index in [2.05, 4.69) is 31.2 Å². The Bertz CT molecular complexity index is 474. The summed E-state index contributed by atoms with van der Waals surface area (Å²) in [4.78, 5) is 0. The summed E-state index contributed by atoms with van der Waals surface area (Å²) in [5.41, 5.74) is 2.21. The van der Waals surface area contributed by atoms with E-state index < -0.39 is 0 Å². The summed E-state index contributed by atoms with van der Waals surface area (Å²) in [6.07, 6.45) is 3.41. The summed E-state index contributed by atoms with van der Waals surface area (Å²) in [5.74, 6) is 0. The van der Waals surface area contributed by atoms with Crippen molar-refractivity contribution in [1.29, 1.82) is 0 Å². The second kappa shape index (κ2) is 7.12. The minimum Gasteiger partial charge on any atom is -0.378 e. The molecule has 1 aliphatic rings. The van der Waals surface area contributed by atoms with Gasteiger partial charge in [-0.2, -0.15) is 5.10 Å². The highest BCUT2D eigenvalue weighted by Crippen LogP contribution is 2.39. The first-order valence-electron chi connectivity index (χ1n) is 8.08. The van der Waals surface area contributed by atoms with Gasteiger partial charge >= 0.3 is 0 Å². The molecule has 0 radical (unpaired) electrons. The number of ether oxygens (including phenoxy) is 1. The standard InChI is InChI=1S/C16H28ClN3O/c1-5-8-18-11-16(7-9-21-13(16)4)10-14-15(17)12(3)19-20(14)6-2/h13,18H,5-11H2,1-4H3. The predicted molar refractivity (Wildman–Crippen MR) is 87.0 cm³/mol. The maximum Gasteiger partial charge on any atom is 0.0847 e. The molecule has 120 valence electrons. The van der Waals surface area contributed by atoms with Crippen LogP contribution in [0, 0.1) is 12.3 Å². The zero-order chi connectivity index (χ0) is 15.5. The van der Waals surface area contributed by atoms with Gasteiger partial charge < -0.3 is 10.1 Å². The molecule has 1 aliphatic heterocycles. The van der Waals surface area contributed by atoms with Crippen molar-refractivity contribution in [1.82, 2.24) is 15.1 Å². The number of aryl methyl sites for hydroxylation is 2. The molecule has 1 saturated heterocycles. The normalized spacial score (nSPS) is 25.7. The van der Waals surface area contributed by atoms with Crippen molar-refractivity contribution in [2.75, 3.05) is 19.7 Å². The van der Waals surface area contributed by atoms with Crippen LogP contribution in [0.5, 0.6) is 0 Å². The molecule has 5 heteroatoms. The van der Waals surface area contributed by atoms with Gasteiger partial charge in [-0.05, 0) is 40.2 Å². The zero-order valence-electron chi connectivity index (χ0n) is 13.7. The number of hydrogen-bond acceptors (Lipinski definition) is 3. The van der Waals surface area contributed by atoms with Crippen LogP contribution in [-0.2, 0) is 17.7 Å². The smallest absolute Gasteiger partial charge is 0.0847 e. The third-order valence-electron chi connectivity index (χ3n) is 4.71. The molecule has 0 amide bonds. The average molecular weight is 314 g/mol. The van der Waals surface area contributed by atoms with Gasteiger partial charge in [0.05, 0.1) is 22.5 Å². The number of nitrogens with zero attached hydrogens (tertiary/aromatic N) is 2. The van der Waals surface area contributed by atoms with Crippen molar-refractivity contribution in [3.63, 3.8) is 0 Å². The van der Waals surface area contributed by atoms with E-state index in [1.54, 1.807) is 0 Å². The molecule has 1 N–H and O–H groups in total. The number of rotatable bonds is 7. The van der Waals surface area contributed by atoms with Gasteiger partial charge in [0.15, 0.2) is 0 Å². The van der Waals surface area contributed by atoms with Crippen molar-refractivity contribution in [2.24, 2.45) is 5.41 Å². The van der Waals surface area contributed by atoms with E-state index >= 15 is 0 Å². The van der Waals surface area contributed by atoms with Gasteiger partial charge in [-0.25, -0.2) is 0 Å². The fourth-order valence-corrected chi connectivity index (χ4v) is 3.43. The highest BCUT2D eigenvalue weighted by atomic mass is 35.5. The van der Waals surface area contributed by atoms with Crippen molar-refractivity contribution in [3.8, 4) is 0 Å². The lowest BCUT2D eigenvalue weighted by Gasteiger charge is -2.33. The van der Waals surface area contributed by atoms with E-state index in [0.717, 1.165) is 61.9 Å². The molecule has 2 rings (SSSR count). The van der Waals surface area contributed by atoms with Crippen LogP contribution in [0.3, 0.4) is 0 Å². The largest absolute Gasteiger partial charge is 0.378 e. The molecule has 1 aromatic rings. The Morgan fingerprint density at radius 3 is 2.81 bits per heavy atom. The molecular formula is C16H28ClN3O. The molecule has 0 bridgehead atoms. The molecule has 1 fully saturated rings. The van der Waals surface area contributed by atoms with E-state index in [0.29, 0.717) is 0 Å². The van der Waals surface area contributed by atoms with Crippen molar-refractivity contribution >= 4 is 11.6 Å². The van der Waals surface area contributed by atoms with Gasteiger partial charge in [0.1, 0.15) is 0 Å². The fourth-order valence-electron chi connectivity index (χ4n) is 3.23. The fraction of sp³-hybridized carbons (Fsp3) is 0.812. The number of aromatic nitrogens is 2. The van der Waals surface area contributed by atoms with Crippen LogP contribution in [-0.4, -0.2) is 35.6 Å². The summed E-state index contributed by atoms with van der Waals surface area (Å²) in [6, 6.07) is 0. The molecular weight excluding hydrogens is 286 g/mol. The Morgan fingerprint density at radius 2 is 2.24 bits per heavy atom. The van der Waals surface area contributed by atoms with Crippen LogP contribution < -0.4 is 5.32 Å². The van der Waals surface area contributed by atoms with Crippen LogP contribution in [0.4, 0.5) is 0 Å². The lowest BCUT2D eigenvalue weighted by molar-refractivity contribution is 0.0621. The maximum absolute atomic E-state index is 6.50. The summed E-state index contributed by atoms with van der Waals surface area (Å²) < 4.78 is 7.93. The van der Waals surface area contributed by atoms with Crippen LogP contribution >= 0.6 is 11.6 Å². The van der Waals surface area contributed by atoms with Crippen LogP contribution in [0.15, 0.2) is 0 Å². The predicted octanol–water partition coefficient (Wildman–Crippen LogP) is 3.20. The summed E-state index contributed by atoms with van der Waals surface area (Å²) in [5, 5.41) is 8.95. The second-order valence-electron chi connectivity index (χ2n) is 6.14. The van der Waals surface area contributed by atoms with Gasteiger partial charge in [-0.3, -0.25) is 4.68 Å². The molecule has 2 heterocycles.